The van der Waals surface area contributed by atoms with Crippen LogP contribution in [-0.4, -0.2) is 24.6 Å². The Kier molecular flexibility index (Phi) is 5.81. The monoisotopic (exact) mass is 353 g/mol. The predicted molar refractivity (Wildman–Crippen MR) is 68.1 cm³/mol. The molecule has 0 heterocycles. The molecule has 0 aliphatic heterocycles. The number of carbonyl (C=O) groups excluding carboxylic acids is 1. The molecule has 9 heteroatoms. The number of non-ortho nitro benzene ring substituents is 1. The number of nitro groups is 1. The molecule has 0 fully saturated rings. The summed E-state index contributed by atoms with van der Waals surface area (Å²) < 4.78 is 33.6. The normalized spacial score (nSPS) is 10.4. The molecule has 0 aliphatic carbocycles. The highest BCUT2D eigenvalue weighted by atomic mass is 79.9. The Bertz CT molecular complexity index is 524. The van der Waals surface area contributed by atoms with Crippen LogP contribution < -0.4 is 4.74 Å². The number of methoxy groups -OCH3 is 1. The number of ether oxygens (including phenoxy) is 2. The van der Waals surface area contributed by atoms with Gasteiger partial charge in [-0.15, -0.1) is 0 Å². The summed E-state index contributed by atoms with van der Waals surface area (Å²) in [5, 5.41) is 10.9. The Balaban J connectivity index is 3.35. The number of esters is 1. The Labute approximate surface area is 120 Å². The SMILES string of the molecule is COC(=O)Cc1cc([N+](=O)[O-])cc(CBr)c1OC(F)F. The molecule has 1 aromatic rings. The van der Waals surface area contributed by atoms with Crippen molar-refractivity contribution in [2.75, 3.05) is 7.11 Å². The third kappa shape index (κ3) is 4.12. The summed E-state index contributed by atoms with van der Waals surface area (Å²) in [6, 6.07) is 2.12. The Morgan fingerprint density at radius 1 is 1.45 bits per heavy atom. The van der Waals surface area contributed by atoms with Gasteiger partial charge >= 0.3 is 12.6 Å². The van der Waals surface area contributed by atoms with Crippen molar-refractivity contribution in [3.05, 3.63) is 33.4 Å². The second-order valence-corrected chi connectivity index (χ2v) is 4.18. The molecular formula is C11H10BrF2NO5. The van der Waals surface area contributed by atoms with Crippen molar-refractivity contribution >= 4 is 27.6 Å². The molecule has 0 saturated heterocycles. The summed E-state index contributed by atoms with van der Waals surface area (Å²) >= 11 is 3.04. The molecule has 0 bridgehead atoms. The number of benzene rings is 1. The van der Waals surface area contributed by atoms with E-state index in [1.807, 2.05) is 0 Å². The molecule has 0 N–H and O–H groups in total. The molecule has 0 amide bonds. The first-order chi connectivity index (χ1) is 9.38. The van der Waals surface area contributed by atoms with Gasteiger partial charge in [-0.1, -0.05) is 15.9 Å². The van der Waals surface area contributed by atoms with Crippen LogP contribution in [0.15, 0.2) is 12.1 Å². The van der Waals surface area contributed by atoms with E-state index in [4.69, 9.17) is 0 Å². The van der Waals surface area contributed by atoms with Crippen LogP contribution >= 0.6 is 15.9 Å². The van der Waals surface area contributed by atoms with Crippen LogP contribution in [0.1, 0.15) is 11.1 Å². The molecule has 0 unspecified atom stereocenters. The molecule has 0 saturated carbocycles. The van der Waals surface area contributed by atoms with Crippen molar-refractivity contribution in [2.45, 2.75) is 18.4 Å². The topological polar surface area (TPSA) is 78.7 Å². The summed E-state index contributed by atoms with van der Waals surface area (Å²) in [4.78, 5) is 21.4. The minimum absolute atomic E-state index is 0.0270. The average Bonchev–Trinajstić information content (AvgIpc) is 2.39. The molecule has 0 radical (unpaired) electrons. The predicted octanol–water partition coefficient (Wildman–Crippen LogP) is 2.81. The molecule has 1 rings (SSSR count). The zero-order chi connectivity index (χ0) is 15.3. The fourth-order valence-corrected chi connectivity index (χ4v) is 1.96. The van der Waals surface area contributed by atoms with Gasteiger partial charge in [0.1, 0.15) is 5.75 Å². The first-order valence-electron chi connectivity index (χ1n) is 5.26. The smallest absolute Gasteiger partial charge is 0.387 e. The maximum absolute atomic E-state index is 12.4. The van der Waals surface area contributed by atoms with Gasteiger partial charge in [0.2, 0.25) is 0 Å². The average molecular weight is 354 g/mol. The van der Waals surface area contributed by atoms with Crippen LogP contribution in [0.5, 0.6) is 5.75 Å². The second-order valence-electron chi connectivity index (χ2n) is 3.62. The van der Waals surface area contributed by atoms with E-state index in [0.29, 0.717) is 0 Å². The van der Waals surface area contributed by atoms with Gasteiger partial charge in [0, 0.05) is 28.6 Å². The number of nitro benzene ring substituents is 1. The zero-order valence-corrected chi connectivity index (χ0v) is 11.9. The van der Waals surface area contributed by atoms with Crippen molar-refractivity contribution in [3.63, 3.8) is 0 Å². The number of alkyl halides is 3. The van der Waals surface area contributed by atoms with Gasteiger partial charge < -0.3 is 9.47 Å². The second kappa shape index (κ2) is 7.13. The first-order valence-corrected chi connectivity index (χ1v) is 6.39. The van der Waals surface area contributed by atoms with Crippen molar-refractivity contribution < 1.29 is 28.0 Å². The van der Waals surface area contributed by atoms with Gasteiger partial charge in [0.25, 0.3) is 5.69 Å². The van der Waals surface area contributed by atoms with E-state index in [0.717, 1.165) is 19.2 Å². The highest BCUT2D eigenvalue weighted by Gasteiger charge is 2.21. The summed E-state index contributed by atoms with van der Waals surface area (Å²) in [6.07, 6.45) is -0.403. The summed E-state index contributed by atoms with van der Waals surface area (Å²) in [5.41, 5.74) is -0.195. The number of halogens is 3. The van der Waals surface area contributed by atoms with Crippen LogP contribution in [0.2, 0.25) is 0 Å². The summed E-state index contributed by atoms with van der Waals surface area (Å²) in [5.74, 6) is -0.974. The van der Waals surface area contributed by atoms with Crippen molar-refractivity contribution in [1.29, 1.82) is 0 Å². The highest BCUT2D eigenvalue weighted by molar-refractivity contribution is 9.08. The first kappa shape index (κ1) is 16.3. The van der Waals surface area contributed by atoms with Gasteiger partial charge in [-0.25, -0.2) is 0 Å². The molecule has 1 aromatic carbocycles. The number of rotatable bonds is 6. The number of hydrogen-bond acceptors (Lipinski definition) is 5. The lowest BCUT2D eigenvalue weighted by atomic mass is 10.1. The molecule has 6 nitrogen and oxygen atoms in total. The minimum atomic E-state index is -3.11. The van der Waals surface area contributed by atoms with E-state index < -0.39 is 23.9 Å². The van der Waals surface area contributed by atoms with Gasteiger partial charge in [0.05, 0.1) is 18.5 Å². The fourth-order valence-electron chi connectivity index (χ4n) is 1.54. The molecule has 20 heavy (non-hydrogen) atoms. The quantitative estimate of drug-likeness (QED) is 0.340. The van der Waals surface area contributed by atoms with Crippen molar-refractivity contribution in [3.8, 4) is 5.75 Å². The highest BCUT2D eigenvalue weighted by Crippen LogP contribution is 2.32. The van der Waals surface area contributed by atoms with E-state index in [2.05, 4.69) is 25.4 Å². The van der Waals surface area contributed by atoms with Crippen molar-refractivity contribution in [1.82, 2.24) is 0 Å². The number of nitrogens with zero attached hydrogens (tertiary/aromatic N) is 1. The Morgan fingerprint density at radius 2 is 2.05 bits per heavy atom. The zero-order valence-electron chi connectivity index (χ0n) is 10.3. The fraction of sp³-hybridized carbons (Fsp3) is 0.364. The molecule has 110 valence electrons. The van der Waals surface area contributed by atoms with Gasteiger partial charge in [-0.2, -0.15) is 8.78 Å². The van der Waals surface area contributed by atoms with Crippen LogP contribution in [0.25, 0.3) is 0 Å². The molecule has 0 aliphatic rings. The van der Waals surface area contributed by atoms with E-state index in [9.17, 15) is 23.7 Å². The lowest BCUT2D eigenvalue weighted by molar-refractivity contribution is -0.385. The van der Waals surface area contributed by atoms with Crippen LogP contribution in [-0.2, 0) is 21.3 Å². The maximum Gasteiger partial charge on any atom is 0.387 e. The van der Waals surface area contributed by atoms with E-state index in [-0.39, 0.29) is 27.9 Å². The Morgan fingerprint density at radius 3 is 2.50 bits per heavy atom. The molecule has 0 aromatic heterocycles. The van der Waals surface area contributed by atoms with Crippen LogP contribution in [0.4, 0.5) is 14.5 Å². The molecular weight excluding hydrogens is 344 g/mol. The van der Waals surface area contributed by atoms with Crippen LogP contribution in [0.3, 0.4) is 0 Å². The largest absolute Gasteiger partial charge is 0.469 e. The van der Waals surface area contributed by atoms with Crippen LogP contribution in [0, 0.1) is 10.1 Å². The summed E-state index contributed by atoms with van der Waals surface area (Å²) in [6.45, 7) is -3.11. The van der Waals surface area contributed by atoms with E-state index in [1.165, 1.54) is 0 Å². The van der Waals surface area contributed by atoms with E-state index >= 15 is 0 Å². The van der Waals surface area contributed by atoms with Crippen molar-refractivity contribution in [2.24, 2.45) is 0 Å². The van der Waals surface area contributed by atoms with Gasteiger partial charge in [-0.05, 0) is 0 Å². The minimum Gasteiger partial charge on any atom is -0.469 e. The maximum atomic E-state index is 12.4. The lowest BCUT2D eigenvalue weighted by Gasteiger charge is -2.13. The third-order valence-electron chi connectivity index (χ3n) is 2.35. The van der Waals surface area contributed by atoms with E-state index in [1.54, 1.807) is 0 Å². The van der Waals surface area contributed by atoms with Gasteiger partial charge in [-0.3, -0.25) is 14.9 Å². The Hall–Kier alpha value is -1.77. The van der Waals surface area contributed by atoms with Gasteiger partial charge in [0.15, 0.2) is 0 Å². The lowest BCUT2D eigenvalue weighted by Crippen LogP contribution is -2.11. The molecule has 0 spiro atoms. The number of carbonyl (C=O) groups is 1. The standard InChI is InChI=1S/C11H10BrF2NO5/c1-19-9(16)4-6-2-8(15(17)18)3-7(5-12)10(6)20-11(13)14/h2-3,11H,4-5H2,1H3. The molecule has 0 atom stereocenters. The third-order valence-corrected chi connectivity index (χ3v) is 2.96. The number of hydrogen-bond donors (Lipinski definition) is 0. The summed E-state index contributed by atoms with van der Waals surface area (Å²) in [7, 11) is 1.12.